The molecule has 0 fully saturated rings. The van der Waals surface area contributed by atoms with E-state index >= 15 is 0 Å². The normalized spacial score (nSPS) is 11.4. The van der Waals surface area contributed by atoms with Crippen LogP contribution < -0.4 is 15.4 Å². The van der Waals surface area contributed by atoms with Crippen LogP contribution in [0.1, 0.15) is 21.7 Å². The van der Waals surface area contributed by atoms with Crippen LogP contribution in [-0.2, 0) is 17.5 Å². The molecule has 0 aliphatic rings. The average molecular weight is 626 g/mol. The number of ether oxygens (including phenoxy) is 1. The van der Waals surface area contributed by atoms with E-state index in [2.05, 4.69) is 20.8 Å². The molecule has 4 aromatic carbocycles. The summed E-state index contributed by atoms with van der Waals surface area (Å²) in [4.78, 5) is 25.9. The Morgan fingerprint density at radius 3 is 2.51 bits per heavy atom. The van der Waals surface area contributed by atoms with E-state index in [1.165, 1.54) is 7.11 Å². The van der Waals surface area contributed by atoms with Crippen molar-refractivity contribution < 1.29 is 27.5 Å². The van der Waals surface area contributed by atoms with Crippen LogP contribution in [-0.4, -0.2) is 39.4 Å². The quantitative estimate of drug-likeness (QED) is 0.176. The number of rotatable bonds is 9. The van der Waals surface area contributed by atoms with E-state index in [-0.39, 0.29) is 28.9 Å². The molecule has 0 aliphatic carbocycles. The standard InChI is InChI=1S/C30H23ClF3N5O3S/c1-42-25-12-5-4-11-24(25)39-26(16-35-28(41)21-10-6-8-18-7-2-3-9-20(18)21)37-38-29(39)43-17-27(40)36-23-15-19(30(32,33)34)13-14-22(23)31/h2-15H,16-17H2,1H3,(H,35,41)(H,36,40). The summed E-state index contributed by atoms with van der Waals surface area (Å²) in [5, 5.41) is 15.8. The molecule has 0 radical (unpaired) electrons. The zero-order chi connectivity index (χ0) is 30.6. The second-order valence-electron chi connectivity index (χ2n) is 9.14. The highest BCUT2D eigenvalue weighted by Gasteiger charge is 2.31. The Morgan fingerprint density at radius 2 is 1.72 bits per heavy atom. The molecular formula is C30H23ClF3N5O3S. The number of thioether (sulfide) groups is 1. The Bertz CT molecular complexity index is 1810. The van der Waals surface area contributed by atoms with Crippen molar-refractivity contribution in [1.82, 2.24) is 20.1 Å². The Labute approximate surface area is 253 Å². The van der Waals surface area contributed by atoms with Gasteiger partial charge in [-0.15, -0.1) is 10.2 Å². The molecule has 43 heavy (non-hydrogen) atoms. The summed E-state index contributed by atoms with van der Waals surface area (Å²) < 4.78 is 46.6. The molecule has 8 nitrogen and oxygen atoms in total. The van der Waals surface area contributed by atoms with Crippen LogP contribution in [0.2, 0.25) is 5.02 Å². The lowest BCUT2D eigenvalue weighted by Gasteiger charge is -2.15. The van der Waals surface area contributed by atoms with Crippen LogP contribution in [0.5, 0.6) is 5.75 Å². The smallest absolute Gasteiger partial charge is 0.416 e. The molecule has 0 saturated heterocycles. The first kappa shape index (κ1) is 29.9. The van der Waals surface area contributed by atoms with Crippen LogP contribution in [0, 0.1) is 0 Å². The number of carbonyl (C=O) groups excluding carboxylic acids is 2. The number of methoxy groups -OCH3 is 1. The molecule has 220 valence electrons. The first-order valence-corrected chi connectivity index (χ1v) is 14.1. The Kier molecular flexibility index (Phi) is 8.88. The van der Waals surface area contributed by atoms with E-state index in [1.807, 2.05) is 30.3 Å². The maximum atomic E-state index is 13.2. The van der Waals surface area contributed by atoms with Crippen molar-refractivity contribution in [2.45, 2.75) is 17.9 Å². The Morgan fingerprint density at radius 1 is 0.977 bits per heavy atom. The summed E-state index contributed by atoms with van der Waals surface area (Å²) in [6.07, 6.45) is -4.59. The minimum absolute atomic E-state index is 0.000296. The molecule has 0 unspecified atom stereocenters. The zero-order valence-corrected chi connectivity index (χ0v) is 24.1. The van der Waals surface area contributed by atoms with E-state index < -0.39 is 17.6 Å². The van der Waals surface area contributed by atoms with Gasteiger partial charge in [0.15, 0.2) is 11.0 Å². The minimum Gasteiger partial charge on any atom is -0.495 e. The first-order chi connectivity index (χ1) is 20.7. The minimum atomic E-state index is -4.59. The molecule has 5 rings (SSSR count). The van der Waals surface area contributed by atoms with Crippen molar-refractivity contribution in [2.75, 3.05) is 18.2 Å². The fourth-order valence-electron chi connectivity index (χ4n) is 4.36. The third kappa shape index (κ3) is 6.76. The van der Waals surface area contributed by atoms with Crippen LogP contribution >= 0.6 is 23.4 Å². The fourth-order valence-corrected chi connectivity index (χ4v) is 5.29. The van der Waals surface area contributed by atoms with Crippen molar-refractivity contribution in [3.05, 3.63) is 107 Å². The Hall–Kier alpha value is -4.55. The van der Waals surface area contributed by atoms with Gasteiger partial charge in [0, 0.05) is 5.56 Å². The van der Waals surface area contributed by atoms with E-state index in [1.54, 1.807) is 41.0 Å². The summed E-state index contributed by atoms with van der Waals surface area (Å²) in [6.45, 7) is -0.000296. The number of aromatic nitrogens is 3. The second kappa shape index (κ2) is 12.8. The topological polar surface area (TPSA) is 98.1 Å². The maximum Gasteiger partial charge on any atom is 0.416 e. The zero-order valence-electron chi connectivity index (χ0n) is 22.5. The molecule has 2 N–H and O–H groups in total. The van der Waals surface area contributed by atoms with E-state index in [0.29, 0.717) is 28.0 Å². The van der Waals surface area contributed by atoms with Gasteiger partial charge in [0.1, 0.15) is 5.75 Å². The number of benzene rings is 4. The number of nitrogens with zero attached hydrogens (tertiary/aromatic N) is 3. The SMILES string of the molecule is COc1ccccc1-n1c(CNC(=O)c2cccc3ccccc23)nnc1SCC(=O)Nc1cc(C(F)(F)F)ccc1Cl. The predicted octanol–water partition coefficient (Wildman–Crippen LogP) is 6.76. The second-order valence-corrected chi connectivity index (χ2v) is 10.5. The van der Waals surface area contributed by atoms with Gasteiger partial charge in [0.25, 0.3) is 5.91 Å². The van der Waals surface area contributed by atoms with Crippen molar-refractivity contribution in [2.24, 2.45) is 0 Å². The van der Waals surface area contributed by atoms with Gasteiger partial charge in [0.05, 0.1) is 41.4 Å². The van der Waals surface area contributed by atoms with Gasteiger partial charge >= 0.3 is 6.18 Å². The third-order valence-corrected chi connectivity index (χ3v) is 7.63. The van der Waals surface area contributed by atoms with Crippen molar-refractivity contribution in [3.63, 3.8) is 0 Å². The number of alkyl halides is 3. The van der Waals surface area contributed by atoms with Gasteiger partial charge in [-0.2, -0.15) is 13.2 Å². The summed E-state index contributed by atoms with van der Waals surface area (Å²) in [6, 6.07) is 22.8. The highest BCUT2D eigenvalue weighted by molar-refractivity contribution is 7.99. The lowest BCUT2D eigenvalue weighted by molar-refractivity contribution is -0.137. The largest absolute Gasteiger partial charge is 0.495 e. The van der Waals surface area contributed by atoms with Crippen LogP contribution in [0.3, 0.4) is 0 Å². The van der Waals surface area contributed by atoms with Crippen LogP contribution in [0.15, 0.2) is 90.1 Å². The summed E-state index contributed by atoms with van der Waals surface area (Å²) >= 11 is 7.02. The van der Waals surface area contributed by atoms with Gasteiger partial charge < -0.3 is 15.4 Å². The number of fused-ring (bicyclic) bond motifs is 1. The first-order valence-electron chi connectivity index (χ1n) is 12.8. The van der Waals surface area contributed by atoms with E-state index in [4.69, 9.17) is 16.3 Å². The molecule has 0 saturated carbocycles. The van der Waals surface area contributed by atoms with E-state index in [0.717, 1.165) is 40.7 Å². The van der Waals surface area contributed by atoms with Gasteiger partial charge in [-0.3, -0.25) is 14.2 Å². The number of halogens is 4. The molecule has 1 aromatic heterocycles. The van der Waals surface area contributed by atoms with Crippen LogP contribution in [0.25, 0.3) is 16.5 Å². The maximum absolute atomic E-state index is 13.2. The number of hydrogen-bond donors (Lipinski definition) is 2. The highest BCUT2D eigenvalue weighted by atomic mass is 35.5. The molecular weight excluding hydrogens is 603 g/mol. The van der Waals surface area contributed by atoms with E-state index in [9.17, 15) is 22.8 Å². The van der Waals surface area contributed by atoms with Crippen molar-refractivity contribution >= 4 is 51.6 Å². The van der Waals surface area contributed by atoms with Gasteiger partial charge in [0.2, 0.25) is 5.91 Å². The summed E-state index contributed by atoms with van der Waals surface area (Å²) in [5.74, 6) is -0.278. The lowest BCUT2D eigenvalue weighted by Crippen LogP contribution is -2.25. The molecule has 0 bridgehead atoms. The van der Waals surface area contributed by atoms with Crippen molar-refractivity contribution in [3.8, 4) is 11.4 Å². The fraction of sp³-hybridized carbons (Fsp3) is 0.133. The lowest BCUT2D eigenvalue weighted by atomic mass is 10.0. The molecule has 1 heterocycles. The van der Waals surface area contributed by atoms with Gasteiger partial charge in [-0.05, 0) is 47.2 Å². The number of carbonyl (C=O) groups is 2. The van der Waals surface area contributed by atoms with Crippen molar-refractivity contribution in [1.29, 1.82) is 0 Å². The van der Waals surface area contributed by atoms with Gasteiger partial charge in [-0.1, -0.05) is 71.9 Å². The van der Waals surface area contributed by atoms with Gasteiger partial charge in [-0.25, -0.2) is 0 Å². The number of para-hydroxylation sites is 2. The average Bonchev–Trinajstić information content (AvgIpc) is 3.41. The highest BCUT2D eigenvalue weighted by Crippen LogP contribution is 2.34. The van der Waals surface area contributed by atoms with Crippen LogP contribution in [0.4, 0.5) is 18.9 Å². The molecule has 5 aromatic rings. The molecule has 13 heteroatoms. The molecule has 0 aliphatic heterocycles. The number of amides is 2. The Balaban J connectivity index is 1.37. The number of nitrogens with one attached hydrogen (secondary N) is 2. The number of hydrogen-bond acceptors (Lipinski definition) is 6. The molecule has 0 atom stereocenters. The summed E-state index contributed by atoms with van der Waals surface area (Å²) in [7, 11) is 1.50. The number of anilines is 1. The molecule has 2 amide bonds. The predicted molar refractivity (Wildman–Crippen MR) is 159 cm³/mol. The monoisotopic (exact) mass is 625 g/mol. The third-order valence-electron chi connectivity index (χ3n) is 6.37. The summed E-state index contributed by atoms with van der Waals surface area (Å²) in [5.41, 5.74) is -0.0368. The molecule has 0 spiro atoms.